The molecule has 1 fully saturated rings. The summed E-state index contributed by atoms with van der Waals surface area (Å²) in [5.41, 5.74) is 2.89. The average molecular weight is 349 g/mol. The SMILES string of the molecule is Cc1csc(Sc2ccc(NC(=O)C3CNCCO3)c(C)c2)n1. The molecular weight excluding hydrogens is 330 g/mol. The minimum absolute atomic E-state index is 0.101. The van der Waals surface area contributed by atoms with Crippen LogP contribution in [0.2, 0.25) is 0 Å². The van der Waals surface area contributed by atoms with Crippen LogP contribution in [0.15, 0.2) is 32.8 Å². The van der Waals surface area contributed by atoms with Gasteiger partial charge in [0.25, 0.3) is 5.91 Å². The van der Waals surface area contributed by atoms with Crippen molar-refractivity contribution in [2.45, 2.75) is 29.2 Å². The van der Waals surface area contributed by atoms with Gasteiger partial charge in [-0.2, -0.15) is 0 Å². The van der Waals surface area contributed by atoms with Crippen molar-refractivity contribution in [1.29, 1.82) is 0 Å². The number of morpholine rings is 1. The Labute approximate surface area is 143 Å². The third-order valence-corrected chi connectivity index (χ3v) is 5.52. The molecule has 0 aliphatic carbocycles. The molecule has 0 saturated carbocycles. The highest BCUT2D eigenvalue weighted by molar-refractivity contribution is 8.01. The van der Waals surface area contributed by atoms with Gasteiger partial charge in [-0.1, -0.05) is 11.8 Å². The molecule has 0 radical (unpaired) electrons. The summed E-state index contributed by atoms with van der Waals surface area (Å²) in [6.45, 7) is 5.91. The van der Waals surface area contributed by atoms with Crippen LogP contribution in [0.1, 0.15) is 11.3 Å². The number of hydrogen-bond acceptors (Lipinski definition) is 6. The summed E-state index contributed by atoms with van der Waals surface area (Å²) in [6, 6.07) is 6.01. The Morgan fingerprint density at radius 3 is 3.00 bits per heavy atom. The van der Waals surface area contributed by atoms with E-state index in [2.05, 4.69) is 21.7 Å². The number of nitrogens with zero attached hydrogens (tertiary/aromatic N) is 1. The van der Waals surface area contributed by atoms with Crippen molar-refractivity contribution in [1.82, 2.24) is 10.3 Å². The maximum atomic E-state index is 12.2. The maximum absolute atomic E-state index is 12.2. The van der Waals surface area contributed by atoms with Crippen LogP contribution < -0.4 is 10.6 Å². The van der Waals surface area contributed by atoms with Crippen LogP contribution in [0.3, 0.4) is 0 Å². The van der Waals surface area contributed by atoms with Crippen molar-refractivity contribution in [3.05, 3.63) is 34.8 Å². The zero-order valence-electron chi connectivity index (χ0n) is 13.1. The van der Waals surface area contributed by atoms with Crippen LogP contribution in [0.5, 0.6) is 0 Å². The Balaban J connectivity index is 1.65. The zero-order valence-corrected chi connectivity index (χ0v) is 14.7. The lowest BCUT2D eigenvalue weighted by Gasteiger charge is -2.23. The summed E-state index contributed by atoms with van der Waals surface area (Å²) < 4.78 is 6.50. The molecule has 1 atom stereocenters. The van der Waals surface area contributed by atoms with Crippen LogP contribution in [-0.4, -0.2) is 36.7 Å². The maximum Gasteiger partial charge on any atom is 0.254 e. The number of amides is 1. The number of thiazole rings is 1. The summed E-state index contributed by atoms with van der Waals surface area (Å²) in [5.74, 6) is -0.101. The lowest BCUT2D eigenvalue weighted by atomic mass is 10.2. The summed E-state index contributed by atoms with van der Waals surface area (Å²) in [4.78, 5) is 17.8. The topological polar surface area (TPSA) is 63.2 Å². The normalized spacial score (nSPS) is 17.9. The summed E-state index contributed by atoms with van der Waals surface area (Å²) in [7, 11) is 0. The molecule has 122 valence electrons. The first-order valence-electron chi connectivity index (χ1n) is 7.45. The number of rotatable bonds is 4. The molecule has 1 aliphatic rings. The fourth-order valence-electron chi connectivity index (χ4n) is 2.27. The minimum atomic E-state index is -0.421. The fraction of sp³-hybridized carbons (Fsp3) is 0.375. The number of carbonyl (C=O) groups is 1. The van der Waals surface area contributed by atoms with E-state index in [-0.39, 0.29) is 5.91 Å². The summed E-state index contributed by atoms with van der Waals surface area (Å²) >= 11 is 3.28. The van der Waals surface area contributed by atoms with Gasteiger partial charge in [-0.05, 0) is 37.6 Å². The number of nitrogens with one attached hydrogen (secondary N) is 2. The van der Waals surface area contributed by atoms with Crippen LogP contribution in [0.25, 0.3) is 0 Å². The summed E-state index contributed by atoms with van der Waals surface area (Å²) in [6.07, 6.45) is -0.421. The van der Waals surface area contributed by atoms with Gasteiger partial charge in [-0.25, -0.2) is 4.98 Å². The molecule has 3 rings (SSSR count). The fourth-order valence-corrected chi connectivity index (χ4v) is 4.18. The molecule has 7 heteroatoms. The molecule has 1 aromatic carbocycles. The first kappa shape index (κ1) is 16.4. The molecule has 1 saturated heterocycles. The van der Waals surface area contributed by atoms with Gasteiger partial charge in [0.2, 0.25) is 0 Å². The van der Waals surface area contributed by atoms with E-state index in [0.717, 1.165) is 32.7 Å². The molecule has 1 amide bonds. The average Bonchev–Trinajstić information content (AvgIpc) is 2.96. The Kier molecular flexibility index (Phi) is 5.32. The van der Waals surface area contributed by atoms with E-state index < -0.39 is 6.10 Å². The molecule has 2 aromatic rings. The molecular formula is C16H19N3O2S2. The van der Waals surface area contributed by atoms with E-state index in [1.54, 1.807) is 23.1 Å². The molecule has 2 N–H and O–H groups in total. The predicted octanol–water partition coefficient (Wildman–Crippen LogP) is 2.84. The third-order valence-electron chi connectivity index (χ3n) is 3.48. The van der Waals surface area contributed by atoms with Crippen molar-refractivity contribution in [2.24, 2.45) is 0 Å². The highest BCUT2D eigenvalue weighted by Gasteiger charge is 2.22. The van der Waals surface area contributed by atoms with E-state index >= 15 is 0 Å². The van der Waals surface area contributed by atoms with Crippen LogP contribution in [0.4, 0.5) is 5.69 Å². The Bertz CT molecular complexity index is 696. The lowest BCUT2D eigenvalue weighted by Crippen LogP contribution is -2.45. The van der Waals surface area contributed by atoms with Crippen LogP contribution in [-0.2, 0) is 9.53 Å². The predicted molar refractivity (Wildman–Crippen MR) is 93.4 cm³/mol. The quantitative estimate of drug-likeness (QED) is 0.889. The van der Waals surface area contributed by atoms with E-state index in [9.17, 15) is 4.79 Å². The first-order valence-corrected chi connectivity index (χ1v) is 9.15. The van der Waals surface area contributed by atoms with Gasteiger partial charge in [0.05, 0.1) is 6.61 Å². The number of hydrogen-bond donors (Lipinski definition) is 2. The highest BCUT2D eigenvalue weighted by Crippen LogP contribution is 2.32. The monoisotopic (exact) mass is 349 g/mol. The molecule has 0 bridgehead atoms. The number of aryl methyl sites for hydroxylation is 2. The molecule has 2 heterocycles. The molecule has 5 nitrogen and oxygen atoms in total. The van der Waals surface area contributed by atoms with E-state index in [4.69, 9.17) is 4.74 Å². The second-order valence-corrected chi connectivity index (χ2v) is 7.57. The van der Waals surface area contributed by atoms with Crippen molar-refractivity contribution in [3.63, 3.8) is 0 Å². The van der Waals surface area contributed by atoms with Crippen LogP contribution >= 0.6 is 23.1 Å². The van der Waals surface area contributed by atoms with Gasteiger partial charge < -0.3 is 15.4 Å². The van der Waals surface area contributed by atoms with E-state index in [0.29, 0.717) is 13.2 Å². The second kappa shape index (κ2) is 7.44. The van der Waals surface area contributed by atoms with Gasteiger partial charge >= 0.3 is 0 Å². The Hall–Kier alpha value is -1.41. The number of ether oxygens (including phenoxy) is 1. The van der Waals surface area contributed by atoms with Gasteiger partial charge in [0.1, 0.15) is 6.10 Å². The van der Waals surface area contributed by atoms with Crippen molar-refractivity contribution >= 4 is 34.7 Å². The van der Waals surface area contributed by atoms with Crippen molar-refractivity contribution in [2.75, 3.05) is 25.0 Å². The van der Waals surface area contributed by atoms with E-state index in [1.807, 2.05) is 31.4 Å². The lowest BCUT2D eigenvalue weighted by molar-refractivity contribution is -0.128. The Morgan fingerprint density at radius 1 is 1.48 bits per heavy atom. The van der Waals surface area contributed by atoms with E-state index in [1.165, 1.54) is 0 Å². The molecule has 0 spiro atoms. The standard InChI is InChI=1S/C16H19N3O2S2/c1-10-7-12(23-16-18-11(2)9-22-16)3-4-13(10)19-15(20)14-8-17-5-6-21-14/h3-4,7,9,14,17H,5-6,8H2,1-2H3,(H,19,20). The number of anilines is 1. The molecule has 1 aliphatic heterocycles. The Morgan fingerprint density at radius 2 is 2.35 bits per heavy atom. The summed E-state index contributed by atoms with van der Waals surface area (Å²) in [5, 5.41) is 8.15. The highest BCUT2D eigenvalue weighted by atomic mass is 32.2. The number of carbonyl (C=O) groups excluding carboxylic acids is 1. The van der Waals surface area contributed by atoms with Gasteiger partial charge in [0.15, 0.2) is 4.34 Å². The molecule has 1 aromatic heterocycles. The van der Waals surface area contributed by atoms with Crippen molar-refractivity contribution < 1.29 is 9.53 Å². The number of aromatic nitrogens is 1. The van der Waals surface area contributed by atoms with Crippen LogP contribution in [0, 0.1) is 13.8 Å². The van der Waals surface area contributed by atoms with Gasteiger partial charge in [-0.3, -0.25) is 4.79 Å². The second-order valence-electron chi connectivity index (χ2n) is 5.39. The number of benzene rings is 1. The molecule has 23 heavy (non-hydrogen) atoms. The minimum Gasteiger partial charge on any atom is -0.366 e. The first-order chi connectivity index (χ1) is 11.1. The largest absolute Gasteiger partial charge is 0.366 e. The molecule has 1 unspecified atom stereocenters. The van der Waals surface area contributed by atoms with Crippen molar-refractivity contribution in [3.8, 4) is 0 Å². The smallest absolute Gasteiger partial charge is 0.254 e. The zero-order chi connectivity index (χ0) is 16.2. The third kappa shape index (κ3) is 4.32. The van der Waals surface area contributed by atoms with Gasteiger partial charge in [0, 0.05) is 34.7 Å². The van der Waals surface area contributed by atoms with Gasteiger partial charge in [-0.15, -0.1) is 11.3 Å².